The van der Waals surface area contributed by atoms with Crippen LogP contribution in [0.1, 0.15) is 16.1 Å². The number of benzene rings is 1. The zero-order valence-corrected chi connectivity index (χ0v) is 15.7. The minimum Gasteiger partial charge on any atom is -0.385 e. The second kappa shape index (κ2) is 9.02. The van der Waals surface area contributed by atoms with Gasteiger partial charge in [-0.25, -0.2) is 0 Å². The van der Waals surface area contributed by atoms with Crippen molar-refractivity contribution in [2.75, 3.05) is 43.1 Å². The van der Waals surface area contributed by atoms with Gasteiger partial charge in [0, 0.05) is 31.0 Å². The fourth-order valence-corrected chi connectivity index (χ4v) is 3.56. The summed E-state index contributed by atoms with van der Waals surface area (Å²) in [6.07, 6.45) is 0.800. The molecule has 1 aromatic carbocycles. The number of morpholine rings is 1. The summed E-state index contributed by atoms with van der Waals surface area (Å²) in [5, 5.41) is 6.18. The van der Waals surface area contributed by atoms with Crippen molar-refractivity contribution in [3.63, 3.8) is 0 Å². The Bertz CT molecular complexity index is 763. The maximum absolute atomic E-state index is 11.9. The van der Waals surface area contributed by atoms with E-state index in [1.165, 1.54) is 11.3 Å². The summed E-state index contributed by atoms with van der Waals surface area (Å²) >= 11 is 7.10. The Morgan fingerprint density at radius 3 is 2.69 bits per heavy atom. The van der Waals surface area contributed by atoms with Gasteiger partial charge >= 0.3 is 0 Å². The smallest absolute Gasteiger partial charge is 0.261 e. The number of nitrogens with one attached hydrogen (secondary N) is 2. The molecule has 138 valence electrons. The van der Waals surface area contributed by atoms with Gasteiger partial charge in [-0.15, -0.1) is 11.3 Å². The zero-order valence-electron chi connectivity index (χ0n) is 14.2. The maximum atomic E-state index is 11.9. The molecule has 1 aromatic heterocycles. The lowest BCUT2D eigenvalue weighted by Gasteiger charge is -2.27. The van der Waals surface area contributed by atoms with Crippen molar-refractivity contribution in [2.24, 2.45) is 0 Å². The van der Waals surface area contributed by atoms with Crippen molar-refractivity contribution in [3.05, 3.63) is 45.6 Å². The standard InChI is InChI=1S/C18H20ClN3O3S/c19-16-7-6-15(26-16)18(24)21-9-1-8-20-13-2-4-14(5-3-13)22-10-11-25-12-17(22)23/h2-7,20H,1,8-12H2,(H,21,24). The van der Waals surface area contributed by atoms with Crippen molar-refractivity contribution in [1.82, 2.24) is 5.32 Å². The third kappa shape index (κ3) is 4.97. The summed E-state index contributed by atoms with van der Waals surface area (Å²) < 4.78 is 5.75. The third-order valence-corrected chi connectivity index (χ3v) is 5.16. The highest BCUT2D eigenvalue weighted by molar-refractivity contribution is 7.17. The van der Waals surface area contributed by atoms with Gasteiger partial charge in [-0.2, -0.15) is 0 Å². The first-order valence-corrected chi connectivity index (χ1v) is 9.58. The van der Waals surface area contributed by atoms with E-state index < -0.39 is 0 Å². The molecule has 1 aliphatic rings. The number of nitrogens with zero attached hydrogens (tertiary/aromatic N) is 1. The SMILES string of the molecule is O=C(NCCCNc1ccc(N2CCOCC2=O)cc1)c1ccc(Cl)s1. The van der Waals surface area contributed by atoms with E-state index in [-0.39, 0.29) is 18.4 Å². The molecule has 0 spiro atoms. The number of hydrogen-bond donors (Lipinski definition) is 2. The molecule has 2 N–H and O–H groups in total. The highest BCUT2D eigenvalue weighted by atomic mass is 35.5. The number of carbonyl (C=O) groups is 2. The van der Waals surface area contributed by atoms with Crippen LogP contribution in [0.3, 0.4) is 0 Å². The molecule has 2 amide bonds. The van der Waals surface area contributed by atoms with Crippen molar-refractivity contribution in [3.8, 4) is 0 Å². The molecule has 6 nitrogen and oxygen atoms in total. The van der Waals surface area contributed by atoms with Crippen LogP contribution in [0.2, 0.25) is 4.34 Å². The van der Waals surface area contributed by atoms with Crippen LogP contribution in [-0.4, -0.2) is 44.7 Å². The van der Waals surface area contributed by atoms with Crippen LogP contribution in [-0.2, 0) is 9.53 Å². The van der Waals surface area contributed by atoms with Crippen LogP contribution in [0.25, 0.3) is 0 Å². The minimum absolute atomic E-state index is 0.0141. The highest BCUT2D eigenvalue weighted by Crippen LogP contribution is 2.21. The monoisotopic (exact) mass is 393 g/mol. The Labute approximate surface area is 161 Å². The molecule has 0 bridgehead atoms. The van der Waals surface area contributed by atoms with Gasteiger partial charge in [0.2, 0.25) is 0 Å². The van der Waals surface area contributed by atoms with Gasteiger partial charge in [-0.05, 0) is 42.8 Å². The molecule has 2 aromatic rings. The first-order chi connectivity index (χ1) is 12.6. The van der Waals surface area contributed by atoms with Gasteiger partial charge in [0.15, 0.2) is 0 Å². The van der Waals surface area contributed by atoms with E-state index in [1.54, 1.807) is 17.0 Å². The van der Waals surface area contributed by atoms with Gasteiger partial charge in [-0.1, -0.05) is 11.6 Å². The van der Waals surface area contributed by atoms with Crippen LogP contribution in [0.5, 0.6) is 0 Å². The van der Waals surface area contributed by atoms with E-state index in [0.717, 1.165) is 24.3 Å². The minimum atomic E-state index is -0.0959. The number of amides is 2. The molecular weight excluding hydrogens is 374 g/mol. The van der Waals surface area contributed by atoms with Crippen molar-refractivity contribution in [2.45, 2.75) is 6.42 Å². The normalized spacial score (nSPS) is 14.3. The lowest BCUT2D eigenvalue weighted by atomic mass is 10.2. The van der Waals surface area contributed by atoms with Gasteiger partial charge < -0.3 is 20.3 Å². The average Bonchev–Trinajstić information content (AvgIpc) is 3.09. The van der Waals surface area contributed by atoms with Gasteiger partial charge in [0.05, 0.1) is 15.8 Å². The Balaban J connectivity index is 1.38. The Hall–Kier alpha value is -2.09. The highest BCUT2D eigenvalue weighted by Gasteiger charge is 2.19. The van der Waals surface area contributed by atoms with E-state index in [9.17, 15) is 9.59 Å². The molecule has 0 radical (unpaired) electrons. The number of thiophene rings is 1. The molecule has 0 saturated carbocycles. The number of anilines is 2. The summed E-state index contributed by atoms with van der Waals surface area (Å²) in [6.45, 7) is 2.61. The second-order valence-corrected chi connectivity index (χ2v) is 7.50. The largest absolute Gasteiger partial charge is 0.385 e. The quantitative estimate of drug-likeness (QED) is 0.709. The molecule has 2 heterocycles. The van der Waals surface area contributed by atoms with E-state index in [4.69, 9.17) is 16.3 Å². The molecule has 0 aliphatic carbocycles. The van der Waals surface area contributed by atoms with Crippen molar-refractivity contribution in [1.29, 1.82) is 0 Å². The van der Waals surface area contributed by atoms with Crippen LogP contribution >= 0.6 is 22.9 Å². The summed E-state index contributed by atoms with van der Waals surface area (Å²) in [7, 11) is 0. The maximum Gasteiger partial charge on any atom is 0.261 e. The molecule has 1 fully saturated rings. The topological polar surface area (TPSA) is 70.7 Å². The van der Waals surface area contributed by atoms with E-state index in [1.807, 2.05) is 24.3 Å². The Morgan fingerprint density at radius 1 is 1.19 bits per heavy atom. The number of halogens is 1. The fourth-order valence-electron chi connectivity index (χ4n) is 2.60. The Morgan fingerprint density at radius 2 is 2.00 bits per heavy atom. The van der Waals surface area contributed by atoms with Gasteiger partial charge in [-0.3, -0.25) is 9.59 Å². The lowest BCUT2D eigenvalue weighted by Crippen LogP contribution is -2.41. The predicted octanol–water partition coefficient (Wildman–Crippen LogP) is 3.00. The fraction of sp³-hybridized carbons (Fsp3) is 0.333. The van der Waals surface area contributed by atoms with Crippen LogP contribution in [0, 0.1) is 0 Å². The summed E-state index contributed by atoms with van der Waals surface area (Å²) in [4.78, 5) is 26.1. The summed E-state index contributed by atoms with van der Waals surface area (Å²) in [5.74, 6) is -0.110. The number of hydrogen-bond acceptors (Lipinski definition) is 5. The molecule has 3 rings (SSSR count). The lowest BCUT2D eigenvalue weighted by molar-refractivity contribution is -0.125. The van der Waals surface area contributed by atoms with Gasteiger partial charge in [0.25, 0.3) is 11.8 Å². The summed E-state index contributed by atoms with van der Waals surface area (Å²) in [6, 6.07) is 11.2. The van der Waals surface area contributed by atoms with Crippen molar-refractivity contribution >= 4 is 46.1 Å². The summed E-state index contributed by atoms with van der Waals surface area (Å²) in [5.41, 5.74) is 1.86. The van der Waals surface area contributed by atoms with Crippen molar-refractivity contribution < 1.29 is 14.3 Å². The number of ether oxygens (including phenoxy) is 1. The molecule has 0 unspecified atom stereocenters. The van der Waals surface area contributed by atoms with E-state index in [2.05, 4.69) is 10.6 Å². The molecule has 26 heavy (non-hydrogen) atoms. The number of rotatable bonds is 7. The number of carbonyl (C=O) groups excluding carboxylic acids is 2. The van der Waals surface area contributed by atoms with Crippen LogP contribution in [0.4, 0.5) is 11.4 Å². The molecule has 1 saturated heterocycles. The van der Waals surface area contributed by atoms with E-state index >= 15 is 0 Å². The average molecular weight is 394 g/mol. The molecule has 0 atom stereocenters. The van der Waals surface area contributed by atoms with Crippen LogP contribution < -0.4 is 15.5 Å². The molecule has 1 aliphatic heterocycles. The first kappa shape index (κ1) is 18.7. The first-order valence-electron chi connectivity index (χ1n) is 8.39. The molecular formula is C18H20ClN3O3S. The molecule has 8 heteroatoms. The van der Waals surface area contributed by atoms with E-state index in [0.29, 0.717) is 28.9 Å². The van der Waals surface area contributed by atoms with Crippen LogP contribution in [0.15, 0.2) is 36.4 Å². The predicted molar refractivity (Wildman–Crippen MR) is 104 cm³/mol. The third-order valence-electron chi connectivity index (χ3n) is 3.93. The second-order valence-electron chi connectivity index (χ2n) is 5.78. The van der Waals surface area contributed by atoms with Gasteiger partial charge in [0.1, 0.15) is 6.61 Å². The Kier molecular flexibility index (Phi) is 6.49. The zero-order chi connectivity index (χ0) is 18.4.